The third-order valence-electron chi connectivity index (χ3n) is 3.14. The van der Waals surface area contributed by atoms with Gasteiger partial charge in [-0.2, -0.15) is 0 Å². The van der Waals surface area contributed by atoms with E-state index in [0.717, 1.165) is 17.4 Å². The molecule has 17 heavy (non-hydrogen) atoms. The quantitative estimate of drug-likeness (QED) is 0.707. The van der Waals surface area contributed by atoms with Crippen molar-refractivity contribution in [3.8, 4) is 0 Å². The van der Waals surface area contributed by atoms with Crippen LogP contribution >= 0.6 is 0 Å². The third kappa shape index (κ3) is 2.55. The Balaban J connectivity index is 2.45. The summed E-state index contributed by atoms with van der Waals surface area (Å²) >= 11 is 0. The average Bonchev–Trinajstić information content (AvgIpc) is 2.35. The second kappa shape index (κ2) is 5.13. The summed E-state index contributed by atoms with van der Waals surface area (Å²) in [6.07, 6.45) is 3.56. The normalized spacial score (nSPS) is 10.7. The molecule has 0 heterocycles. The van der Waals surface area contributed by atoms with Gasteiger partial charge < -0.3 is 0 Å². The molecule has 0 fully saturated rings. The van der Waals surface area contributed by atoms with Crippen molar-refractivity contribution in [1.29, 1.82) is 0 Å². The van der Waals surface area contributed by atoms with Crippen molar-refractivity contribution >= 4 is 16.6 Å². The van der Waals surface area contributed by atoms with Crippen LogP contribution in [0, 0.1) is 0 Å². The molecule has 2 aromatic rings. The van der Waals surface area contributed by atoms with Crippen molar-refractivity contribution in [2.45, 2.75) is 33.1 Å². The van der Waals surface area contributed by atoms with Crippen molar-refractivity contribution in [2.24, 2.45) is 0 Å². The maximum atomic E-state index is 11.5. The van der Waals surface area contributed by atoms with Crippen LogP contribution < -0.4 is 0 Å². The SMILES string of the molecule is CCCCc1ccc2c(C(C)=O)cccc2c1. The topological polar surface area (TPSA) is 17.1 Å². The molecule has 0 amide bonds. The van der Waals surface area contributed by atoms with Crippen LogP contribution in [0.15, 0.2) is 36.4 Å². The number of hydrogen-bond donors (Lipinski definition) is 0. The number of Topliss-reactive ketones (excluding diaryl/α,β-unsaturated/α-hetero) is 1. The minimum Gasteiger partial charge on any atom is -0.294 e. The first-order chi connectivity index (χ1) is 8.22. The molecule has 0 spiro atoms. The summed E-state index contributed by atoms with van der Waals surface area (Å²) in [5, 5.41) is 2.24. The number of benzene rings is 2. The molecule has 0 aliphatic carbocycles. The number of fused-ring (bicyclic) bond motifs is 1. The summed E-state index contributed by atoms with van der Waals surface area (Å²) < 4.78 is 0. The molecule has 88 valence electrons. The molecule has 0 N–H and O–H groups in total. The minimum atomic E-state index is 0.136. The lowest BCUT2D eigenvalue weighted by Gasteiger charge is -2.06. The van der Waals surface area contributed by atoms with Gasteiger partial charge in [-0.3, -0.25) is 4.79 Å². The smallest absolute Gasteiger partial charge is 0.160 e. The Morgan fingerprint density at radius 3 is 2.71 bits per heavy atom. The van der Waals surface area contributed by atoms with E-state index >= 15 is 0 Å². The molecule has 0 radical (unpaired) electrons. The van der Waals surface area contributed by atoms with Gasteiger partial charge in [0, 0.05) is 5.56 Å². The number of hydrogen-bond acceptors (Lipinski definition) is 1. The van der Waals surface area contributed by atoms with E-state index in [-0.39, 0.29) is 5.78 Å². The van der Waals surface area contributed by atoms with Gasteiger partial charge in [-0.1, -0.05) is 49.7 Å². The maximum absolute atomic E-state index is 11.5. The Hall–Kier alpha value is -1.63. The average molecular weight is 226 g/mol. The molecule has 0 unspecified atom stereocenters. The van der Waals surface area contributed by atoms with Crippen LogP contribution in [-0.4, -0.2) is 5.78 Å². The first-order valence-electron chi connectivity index (χ1n) is 6.25. The lowest BCUT2D eigenvalue weighted by molar-refractivity contribution is 0.101. The first-order valence-corrected chi connectivity index (χ1v) is 6.25. The number of unbranched alkanes of at least 4 members (excludes halogenated alkanes) is 1. The highest BCUT2D eigenvalue weighted by molar-refractivity contribution is 6.07. The van der Waals surface area contributed by atoms with Gasteiger partial charge in [0.05, 0.1) is 0 Å². The van der Waals surface area contributed by atoms with Crippen molar-refractivity contribution in [1.82, 2.24) is 0 Å². The second-order valence-electron chi connectivity index (χ2n) is 4.52. The van der Waals surface area contributed by atoms with E-state index in [2.05, 4.69) is 31.2 Å². The molecule has 0 atom stereocenters. The van der Waals surface area contributed by atoms with Crippen molar-refractivity contribution < 1.29 is 4.79 Å². The molecule has 0 aliphatic rings. The summed E-state index contributed by atoms with van der Waals surface area (Å²) in [5.74, 6) is 0.136. The van der Waals surface area contributed by atoms with E-state index in [0.29, 0.717) is 0 Å². The molecule has 0 saturated carbocycles. The van der Waals surface area contributed by atoms with E-state index in [4.69, 9.17) is 0 Å². The van der Waals surface area contributed by atoms with Crippen LogP contribution in [-0.2, 0) is 6.42 Å². The highest BCUT2D eigenvalue weighted by Crippen LogP contribution is 2.21. The zero-order valence-corrected chi connectivity index (χ0v) is 10.5. The van der Waals surface area contributed by atoms with Crippen molar-refractivity contribution in [2.75, 3.05) is 0 Å². The van der Waals surface area contributed by atoms with E-state index in [9.17, 15) is 4.79 Å². The Labute approximate surface area is 102 Å². The van der Waals surface area contributed by atoms with Crippen LogP contribution in [0.3, 0.4) is 0 Å². The molecule has 0 aliphatic heterocycles. The van der Waals surface area contributed by atoms with Crippen LogP contribution in [0.2, 0.25) is 0 Å². The molecule has 1 nitrogen and oxygen atoms in total. The molecular weight excluding hydrogens is 208 g/mol. The van der Waals surface area contributed by atoms with Gasteiger partial charge in [-0.25, -0.2) is 0 Å². The monoisotopic (exact) mass is 226 g/mol. The molecule has 2 rings (SSSR count). The Bertz CT molecular complexity index is 540. The van der Waals surface area contributed by atoms with Gasteiger partial charge in [-0.05, 0) is 36.1 Å². The predicted molar refractivity (Wildman–Crippen MR) is 72.6 cm³/mol. The lowest BCUT2D eigenvalue weighted by Crippen LogP contribution is -1.94. The van der Waals surface area contributed by atoms with Crippen LogP contribution in [0.4, 0.5) is 0 Å². The van der Waals surface area contributed by atoms with Crippen molar-refractivity contribution in [3.05, 3.63) is 47.5 Å². The summed E-state index contributed by atoms with van der Waals surface area (Å²) in [5.41, 5.74) is 2.18. The van der Waals surface area contributed by atoms with E-state index in [1.54, 1.807) is 6.92 Å². The zero-order chi connectivity index (χ0) is 12.3. The highest BCUT2D eigenvalue weighted by Gasteiger charge is 2.05. The molecular formula is C16H18O. The standard InChI is InChI=1S/C16H18O/c1-3-4-6-13-9-10-16-14(11-13)7-5-8-15(16)12(2)17/h5,7-11H,3-4,6H2,1-2H3. The number of carbonyl (C=O) groups excluding carboxylic acids is 1. The Kier molecular flexibility index (Phi) is 3.58. The largest absolute Gasteiger partial charge is 0.294 e. The molecule has 2 aromatic carbocycles. The van der Waals surface area contributed by atoms with Gasteiger partial charge in [0.1, 0.15) is 0 Å². The van der Waals surface area contributed by atoms with Gasteiger partial charge in [-0.15, -0.1) is 0 Å². The maximum Gasteiger partial charge on any atom is 0.160 e. The summed E-state index contributed by atoms with van der Waals surface area (Å²) in [4.78, 5) is 11.5. The van der Waals surface area contributed by atoms with Crippen molar-refractivity contribution in [3.63, 3.8) is 0 Å². The lowest BCUT2D eigenvalue weighted by atomic mass is 9.98. The van der Waals surface area contributed by atoms with Crippen LogP contribution in [0.5, 0.6) is 0 Å². The van der Waals surface area contributed by atoms with E-state index in [1.807, 2.05) is 12.1 Å². The number of aryl methyl sites for hydroxylation is 1. The molecule has 1 heteroatoms. The molecule has 0 saturated heterocycles. The number of carbonyl (C=O) groups is 1. The van der Waals surface area contributed by atoms with Gasteiger partial charge >= 0.3 is 0 Å². The van der Waals surface area contributed by atoms with Crippen LogP contribution in [0.25, 0.3) is 10.8 Å². The zero-order valence-electron chi connectivity index (χ0n) is 10.5. The van der Waals surface area contributed by atoms with E-state index < -0.39 is 0 Å². The van der Waals surface area contributed by atoms with E-state index in [1.165, 1.54) is 23.8 Å². The third-order valence-corrected chi connectivity index (χ3v) is 3.14. The molecule has 0 bridgehead atoms. The second-order valence-corrected chi connectivity index (χ2v) is 4.52. The van der Waals surface area contributed by atoms with Gasteiger partial charge in [0.2, 0.25) is 0 Å². The fourth-order valence-corrected chi connectivity index (χ4v) is 2.18. The van der Waals surface area contributed by atoms with Gasteiger partial charge in [0.15, 0.2) is 5.78 Å². The van der Waals surface area contributed by atoms with Gasteiger partial charge in [0.25, 0.3) is 0 Å². The minimum absolute atomic E-state index is 0.136. The fraction of sp³-hybridized carbons (Fsp3) is 0.312. The number of ketones is 1. The number of rotatable bonds is 4. The fourth-order valence-electron chi connectivity index (χ4n) is 2.18. The van der Waals surface area contributed by atoms with Crippen LogP contribution in [0.1, 0.15) is 42.6 Å². The highest BCUT2D eigenvalue weighted by atomic mass is 16.1. The Morgan fingerprint density at radius 2 is 2.00 bits per heavy atom. The summed E-state index contributed by atoms with van der Waals surface area (Å²) in [6.45, 7) is 3.83. The summed E-state index contributed by atoms with van der Waals surface area (Å²) in [6, 6.07) is 12.4. The summed E-state index contributed by atoms with van der Waals surface area (Å²) in [7, 11) is 0. The Morgan fingerprint density at radius 1 is 1.18 bits per heavy atom. The predicted octanol–water partition coefficient (Wildman–Crippen LogP) is 4.39. The molecule has 0 aromatic heterocycles. The first kappa shape index (κ1) is 11.8.